The molecule has 0 rings (SSSR count). The van der Waals surface area contributed by atoms with E-state index in [1.54, 1.807) is 13.8 Å². The van der Waals surface area contributed by atoms with Crippen molar-refractivity contribution >= 4 is 10.2 Å². The number of nitrogens with zero attached hydrogens (tertiary/aromatic N) is 1. The first-order valence-corrected chi connectivity index (χ1v) is 6.42. The lowest BCUT2D eigenvalue weighted by Gasteiger charge is -2.22. The molecule has 0 aliphatic heterocycles. The number of rotatable bonds is 8. The Morgan fingerprint density at radius 1 is 1.40 bits per heavy atom. The van der Waals surface area contributed by atoms with Crippen molar-refractivity contribution < 1.29 is 13.2 Å². The van der Waals surface area contributed by atoms with Gasteiger partial charge in [-0.2, -0.15) is 17.4 Å². The van der Waals surface area contributed by atoms with E-state index in [0.29, 0.717) is 13.1 Å². The van der Waals surface area contributed by atoms with Crippen LogP contribution in [0.5, 0.6) is 0 Å². The smallest absolute Gasteiger partial charge is 0.279 e. The van der Waals surface area contributed by atoms with Crippen molar-refractivity contribution in [2.24, 2.45) is 5.73 Å². The minimum Gasteiger partial charge on any atom is -0.383 e. The number of ether oxygens (including phenoxy) is 1. The molecular formula is C8H21N3O3S. The van der Waals surface area contributed by atoms with Crippen LogP contribution in [0.1, 0.15) is 13.8 Å². The van der Waals surface area contributed by atoms with Crippen molar-refractivity contribution in [1.29, 1.82) is 0 Å². The van der Waals surface area contributed by atoms with E-state index in [9.17, 15) is 8.42 Å². The van der Waals surface area contributed by atoms with Crippen molar-refractivity contribution in [3.05, 3.63) is 0 Å². The molecule has 15 heavy (non-hydrogen) atoms. The summed E-state index contributed by atoms with van der Waals surface area (Å²) < 4.78 is 32.2. The Hall–Kier alpha value is -0.210. The molecule has 0 aliphatic carbocycles. The minimum atomic E-state index is -3.43. The van der Waals surface area contributed by atoms with Crippen molar-refractivity contribution in [3.63, 3.8) is 0 Å². The first-order valence-electron chi connectivity index (χ1n) is 4.98. The summed E-state index contributed by atoms with van der Waals surface area (Å²) in [5.74, 6) is 0. The summed E-state index contributed by atoms with van der Waals surface area (Å²) >= 11 is 0. The summed E-state index contributed by atoms with van der Waals surface area (Å²) in [5.41, 5.74) is 5.42. The second kappa shape index (κ2) is 7.13. The highest BCUT2D eigenvalue weighted by Gasteiger charge is 2.21. The largest absolute Gasteiger partial charge is 0.383 e. The molecule has 0 aromatic carbocycles. The van der Waals surface area contributed by atoms with Crippen LogP contribution in [-0.2, 0) is 14.9 Å². The zero-order valence-corrected chi connectivity index (χ0v) is 10.4. The molecule has 0 heterocycles. The fraction of sp³-hybridized carbons (Fsp3) is 1.00. The van der Waals surface area contributed by atoms with Gasteiger partial charge in [-0.25, -0.2) is 0 Å². The molecule has 0 fully saturated rings. The van der Waals surface area contributed by atoms with E-state index in [4.69, 9.17) is 10.5 Å². The van der Waals surface area contributed by atoms with Crippen LogP contribution in [0.15, 0.2) is 0 Å². The van der Waals surface area contributed by atoms with Gasteiger partial charge in [-0.15, -0.1) is 0 Å². The van der Waals surface area contributed by atoms with Crippen molar-refractivity contribution in [2.75, 3.05) is 33.4 Å². The molecule has 3 N–H and O–H groups in total. The molecule has 0 bridgehead atoms. The molecule has 0 saturated heterocycles. The fourth-order valence-corrected chi connectivity index (χ4v) is 2.61. The quantitative estimate of drug-likeness (QED) is 0.577. The highest BCUT2D eigenvalue weighted by atomic mass is 32.2. The molecule has 0 aromatic rings. The molecular weight excluding hydrogens is 218 g/mol. The van der Waals surface area contributed by atoms with Gasteiger partial charge in [0.25, 0.3) is 10.2 Å². The third-order valence-corrected chi connectivity index (χ3v) is 3.84. The summed E-state index contributed by atoms with van der Waals surface area (Å²) in [6.45, 7) is 4.95. The van der Waals surface area contributed by atoms with E-state index >= 15 is 0 Å². The average Bonchev–Trinajstić information content (AvgIpc) is 2.18. The Morgan fingerprint density at radius 2 is 1.93 bits per heavy atom. The van der Waals surface area contributed by atoms with Gasteiger partial charge in [0.2, 0.25) is 0 Å². The number of nitrogens with two attached hydrogens (primary N) is 1. The number of hydrogen-bond donors (Lipinski definition) is 2. The van der Waals surface area contributed by atoms with Crippen LogP contribution >= 0.6 is 0 Å². The summed E-state index contributed by atoms with van der Waals surface area (Å²) in [5, 5.41) is 0. The highest BCUT2D eigenvalue weighted by molar-refractivity contribution is 7.87. The van der Waals surface area contributed by atoms with E-state index in [0.717, 1.165) is 0 Å². The van der Waals surface area contributed by atoms with Crippen LogP contribution < -0.4 is 10.5 Å². The Labute approximate surface area is 92.0 Å². The van der Waals surface area contributed by atoms with E-state index < -0.39 is 10.2 Å². The van der Waals surface area contributed by atoms with Gasteiger partial charge < -0.3 is 10.5 Å². The molecule has 0 aromatic heterocycles. The molecule has 0 aliphatic rings. The summed E-state index contributed by atoms with van der Waals surface area (Å²) in [6, 6.07) is -0.374. The second-order valence-electron chi connectivity index (χ2n) is 3.10. The van der Waals surface area contributed by atoms with Crippen LogP contribution in [0.2, 0.25) is 0 Å². The molecule has 7 heteroatoms. The fourth-order valence-electron chi connectivity index (χ4n) is 1.20. The second-order valence-corrected chi connectivity index (χ2v) is 4.80. The molecule has 1 unspecified atom stereocenters. The Morgan fingerprint density at radius 3 is 2.27 bits per heavy atom. The van der Waals surface area contributed by atoms with E-state index in [1.165, 1.54) is 11.4 Å². The Kier molecular flexibility index (Phi) is 7.03. The van der Waals surface area contributed by atoms with E-state index in [-0.39, 0.29) is 19.2 Å². The van der Waals surface area contributed by atoms with E-state index in [1.807, 2.05) is 0 Å². The lowest BCUT2D eigenvalue weighted by Crippen LogP contribution is -2.49. The first kappa shape index (κ1) is 14.8. The molecule has 0 radical (unpaired) electrons. The predicted molar refractivity (Wildman–Crippen MR) is 59.7 cm³/mol. The highest BCUT2D eigenvalue weighted by Crippen LogP contribution is 1.98. The maximum absolute atomic E-state index is 11.7. The number of methoxy groups -OCH3 is 1. The Bertz CT molecular complexity index is 252. The minimum absolute atomic E-state index is 0.217. The van der Waals surface area contributed by atoms with Gasteiger partial charge in [0, 0.05) is 26.7 Å². The van der Waals surface area contributed by atoms with Crippen molar-refractivity contribution in [3.8, 4) is 0 Å². The molecule has 0 amide bonds. The monoisotopic (exact) mass is 239 g/mol. The summed E-state index contributed by atoms with van der Waals surface area (Å²) in [4.78, 5) is 0. The van der Waals surface area contributed by atoms with Gasteiger partial charge in [0.1, 0.15) is 0 Å². The lowest BCUT2D eigenvalue weighted by molar-refractivity contribution is 0.176. The topological polar surface area (TPSA) is 84.7 Å². The van der Waals surface area contributed by atoms with Gasteiger partial charge in [0.05, 0.1) is 12.6 Å². The predicted octanol–water partition coefficient (Wildman–Crippen LogP) is -0.864. The van der Waals surface area contributed by atoms with Crippen LogP contribution in [0.3, 0.4) is 0 Å². The van der Waals surface area contributed by atoms with Gasteiger partial charge >= 0.3 is 0 Å². The third kappa shape index (κ3) is 4.89. The number of nitrogens with one attached hydrogen (secondary N) is 1. The average molecular weight is 239 g/mol. The molecule has 92 valence electrons. The normalized spacial score (nSPS) is 14.5. The summed E-state index contributed by atoms with van der Waals surface area (Å²) in [7, 11) is -1.92. The van der Waals surface area contributed by atoms with Gasteiger partial charge in [-0.3, -0.25) is 0 Å². The van der Waals surface area contributed by atoms with E-state index in [2.05, 4.69) is 4.72 Å². The van der Waals surface area contributed by atoms with Crippen molar-refractivity contribution in [2.45, 2.75) is 19.9 Å². The first-order chi connectivity index (χ1) is 7.01. The van der Waals surface area contributed by atoms with Crippen LogP contribution in [0.25, 0.3) is 0 Å². The molecule has 1 atom stereocenters. The van der Waals surface area contributed by atoms with Gasteiger partial charge in [-0.05, 0) is 0 Å². The molecule has 0 saturated carbocycles. The van der Waals surface area contributed by atoms with Crippen LogP contribution in [0.4, 0.5) is 0 Å². The Balaban J connectivity index is 4.46. The SMILES string of the molecule is CCN(CC)S(=O)(=O)NC(CN)COC. The third-order valence-electron chi connectivity index (χ3n) is 2.01. The maximum Gasteiger partial charge on any atom is 0.279 e. The zero-order valence-electron chi connectivity index (χ0n) is 9.56. The molecule has 0 spiro atoms. The maximum atomic E-state index is 11.7. The standard InChI is InChI=1S/C8H21N3O3S/c1-4-11(5-2)15(12,13)10-8(6-9)7-14-3/h8,10H,4-7,9H2,1-3H3. The summed E-state index contributed by atoms with van der Waals surface area (Å²) in [6.07, 6.45) is 0. The zero-order chi connectivity index (χ0) is 11.9. The van der Waals surface area contributed by atoms with Crippen LogP contribution in [-0.4, -0.2) is 52.1 Å². The molecule has 6 nitrogen and oxygen atoms in total. The van der Waals surface area contributed by atoms with Gasteiger partial charge in [-0.1, -0.05) is 13.8 Å². The van der Waals surface area contributed by atoms with Crippen LogP contribution in [0, 0.1) is 0 Å². The van der Waals surface area contributed by atoms with Crippen molar-refractivity contribution in [1.82, 2.24) is 9.03 Å². The van der Waals surface area contributed by atoms with Gasteiger partial charge in [0.15, 0.2) is 0 Å². The number of hydrogen-bond acceptors (Lipinski definition) is 4. The lowest BCUT2D eigenvalue weighted by atomic mass is 10.3.